The fraction of sp³-hybridized carbons (Fsp3) is 0.446. The zero-order valence-electron chi connectivity index (χ0n) is 47.6. The van der Waals surface area contributed by atoms with Crippen molar-refractivity contribution in [3.63, 3.8) is 0 Å². The maximum atomic E-state index is 9.20. The van der Waals surface area contributed by atoms with Gasteiger partial charge in [0.1, 0.15) is 0 Å². The molecule has 0 aromatic heterocycles. The van der Waals surface area contributed by atoms with Crippen molar-refractivity contribution in [2.45, 2.75) is 188 Å². The van der Waals surface area contributed by atoms with E-state index < -0.39 is 6.85 Å². The molecule has 2 nitrogen and oxygen atoms in total. The van der Waals surface area contributed by atoms with Gasteiger partial charge in [-0.3, -0.25) is 0 Å². The van der Waals surface area contributed by atoms with E-state index in [0.29, 0.717) is 5.56 Å². The van der Waals surface area contributed by atoms with Gasteiger partial charge in [-0.05, 0) is 185 Å². The number of rotatable bonds is 3. The van der Waals surface area contributed by atoms with Gasteiger partial charge < -0.3 is 9.80 Å². The summed E-state index contributed by atoms with van der Waals surface area (Å²) in [5, 5.41) is 0. The van der Waals surface area contributed by atoms with Gasteiger partial charge in [-0.2, -0.15) is 0 Å². The summed E-state index contributed by atoms with van der Waals surface area (Å²) < 4.78 is 27.6. The third-order valence-electron chi connectivity index (χ3n) is 17.2. The summed E-state index contributed by atoms with van der Waals surface area (Å²) in [6.45, 7) is 37.5. The summed E-state index contributed by atoms with van der Waals surface area (Å²) in [6, 6.07) is 39.7. The van der Waals surface area contributed by atoms with E-state index in [1.54, 1.807) is 0 Å². The highest BCUT2D eigenvalue weighted by molar-refractivity contribution is 7.00. The zero-order chi connectivity index (χ0) is 51.6. The van der Waals surface area contributed by atoms with Gasteiger partial charge in [0, 0.05) is 38.1 Å². The molecule has 0 amide bonds. The van der Waals surface area contributed by atoms with Crippen molar-refractivity contribution in [3.05, 3.63) is 148 Å². The number of nitrogens with zero attached hydrogens (tertiary/aromatic N) is 2. The van der Waals surface area contributed by atoms with Crippen molar-refractivity contribution < 1.29 is 4.11 Å². The molecule has 4 aliphatic rings. The number of fused-ring (bicyclic) bond motifs is 6. The van der Waals surface area contributed by atoms with Crippen molar-refractivity contribution in [2.75, 3.05) is 9.80 Å². The van der Waals surface area contributed by atoms with E-state index in [1.807, 2.05) is 12.1 Å². The number of aryl methyl sites for hydroxylation is 1. The number of hydrogen-bond acceptors (Lipinski definition) is 2. The van der Waals surface area contributed by atoms with Gasteiger partial charge in [-0.25, -0.2) is 0 Å². The molecule has 3 heteroatoms. The van der Waals surface area contributed by atoms with E-state index in [-0.39, 0.29) is 44.6 Å². The monoisotopic (exact) mass is 902 g/mol. The molecule has 10 rings (SSSR count). The van der Waals surface area contributed by atoms with E-state index in [4.69, 9.17) is 0 Å². The molecule has 0 unspecified atom stereocenters. The summed E-state index contributed by atoms with van der Waals surface area (Å²) in [4.78, 5) is 4.89. The van der Waals surface area contributed by atoms with E-state index in [9.17, 15) is 4.11 Å². The molecule has 6 aromatic carbocycles. The lowest BCUT2D eigenvalue weighted by Crippen LogP contribution is -2.62. The van der Waals surface area contributed by atoms with Crippen LogP contribution in [-0.4, -0.2) is 6.71 Å². The first-order valence-electron chi connectivity index (χ1n) is 27.2. The Morgan fingerprint density at radius 1 is 0.426 bits per heavy atom. The molecule has 68 heavy (non-hydrogen) atoms. The highest BCUT2D eigenvalue weighted by Gasteiger charge is 2.47. The minimum atomic E-state index is -2.37. The normalized spacial score (nSPS) is 19.4. The lowest BCUT2D eigenvalue weighted by Gasteiger charge is -2.48. The molecule has 0 radical (unpaired) electrons. The molecule has 0 bridgehead atoms. The molecule has 352 valence electrons. The third-order valence-corrected chi connectivity index (χ3v) is 17.2. The van der Waals surface area contributed by atoms with Gasteiger partial charge in [0.2, 0.25) is 0 Å². The van der Waals surface area contributed by atoms with Gasteiger partial charge in [0.05, 0.1) is 5.69 Å². The first-order valence-corrected chi connectivity index (χ1v) is 25.7. The molecule has 0 N–H and O–H groups in total. The van der Waals surface area contributed by atoms with Gasteiger partial charge in [0.25, 0.3) is 6.71 Å². The largest absolute Gasteiger partial charge is 0.311 e. The van der Waals surface area contributed by atoms with Crippen LogP contribution in [0, 0.1) is 6.85 Å². The van der Waals surface area contributed by atoms with Gasteiger partial charge >= 0.3 is 0 Å². The first-order chi connectivity index (χ1) is 32.7. The van der Waals surface area contributed by atoms with Crippen LogP contribution in [0.5, 0.6) is 0 Å². The molecule has 2 heterocycles. The van der Waals surface area contributed by atoms with Crippen LogP contribution in [0.25, 0.3) is 11.1 Å². The highest BCUT2D eigenvalue weighted by Crippen LogP contribution is 2.53. The molecule has 2 aliphatic carbocycles. The average molecular weight is 902 g/mol. The number of anilines is 6. The topological polar surface area (TPSA) is 6.48 Å². The molecule has 6 aromatic rings. The fourth-order valence-corrected chi connectivity index (χ4v) is 12.4. The van der Waals surface area contributed by atoms with Crippen LogP contribution in [0.15, 0.2) is 103 Å². The van der Waals surface area contributed by atoms with E-state index >= 15 is 0 Å². The Morgan fingerprint density at radius 2 is 0.897 bits per heavy atom. The second-order valence-electron chi connectivity index (χ2n) is 27.1. The van der Waals surface area contributed by atoms with Crippen molar-refractivity contribution in [1.82, 2.24) is 0 Å². The summed E-state index contributed by atoms with van der Waals surface area (Å²) in [5.41, 5.74) is 21.8. The Morgan fingerprint density at radius 3 is 1.46 bits per heavy atom. The number of hydrogen-bond donors (Lipinski definition) is 0. The second kappa shape index (κ2) is 15.0. The summed E-state index contributed by atoms with van der Waals surface area (Å²) in [5.74, 6) is 0. The molecule has 0 fully saturated rings. The predicted octanol–water partition coefficient (Wildman–Crippen LogP) is 16.3. The molecule has 0 atom stereocenters. The predicted molar refractivity (Wildman–Crippen MR) is 297 cm³/mol. The van der Waals surface area contributed by atoms with Crippen LogP contribution in [-0.2, 0) is 37.9 Å². The Labute approximate surface area is 416 Å². The minimum Gasteiger partial charge on any atom is -0.311 e. The molecule has 2 aliphatic heterocycles. The van der Waals surface area contributed by atoms with Crippen LogP contribution in [0.2, 0.25) is 0 Å². The summed E-state index contributed by atoms with van der Waals surface area (Å²) >= 11 is 0. The SMILES string of the molecule is [2H]C([2H])([2H])c1cc2c3c(c1)N(c1ccc(C(C)(C)C)cc1-c1ccc4c(c1)C(C)(C)CCC4(C)C)c1cc4c(cc1B3c1cc(C(C)(C)C)ccc1N2c1ccc(C(C)(C)C)cc1)C(C)(C)CCC4(C)C. The highest BCUT2D eigenvalue weighted by atomic mass is 15.2. The Balaban J connectivity index is 1.37. The van der Waals surface area contributed by atoms with Crippen LogP contribution in [0.1, 0.15) is 192 Å². The van der Waals surface area contributed by atoms with Crippen molar-refractivity contribution >= 4 is 57.2 Å². The number of benzene rings is 6. The minimum absolute atomic E-state index is 0.0199. The van der Waals surface area contributed by atoms with E-state index in [2.05, 4.69) is 218 Å². The molecular weight excluding hydrogens is 820 g/mol. The molecule has 0 spiro atoms. The van der Waals surface area contributed by atoms with Gasteiger partial charge in [-0.15, -0.1) is 0 Å². The lowest BCUT2D eigenvalue weighted by atomic mass is 9.33. The van der Waals surface area contributed by atoms with Crippen molar-refractivity contribution in [3.8, 4) is 11.1 Å². The van der Waals surface area contributed by atoms with Crippen LogP contribution in [0.3, 0.4) is 0 Å². The Bertz CT molecular complexity index is 3140. The standard InChI is InChI=1S/C65H79BN2/c1-40-33-56-58-57(34-40)68(53-27-22-43(60(5,6)7)36-46(53)41-19-26-47-48(35-41)63(13,14)30-29-62(47,11)12)55-39-50-49(64(15,16)31-32-65(50,17)18)38-52(55)66(58)51-37-44(61(8,9)10)23-28-54(51)67(56)45-24-20-42(21-25-45)59(2,3)4/h19-28,33-39H,29-32H2,1-18H3/i1D3. The van der Waals surface area contributed by atoms with Crippen LogP contribution in [0.4, 0.5) is 34.1 Å². The maximum absolute atomic E-state index is 9.20. The summed E-state index contributed by atoms with van der Waals surface area (Å²) in [7, 11) is 0. The molecular formula is C65H79BN2. The zero-order valence-corrected chi connectivity index (χ0v) is 44.6. The average Bonchev–Trinajstić information content (AvgIpc) is 3.27. The third kappa shape index (κ3) is 7.42. The van der Waals surface area contributed by atoms with Crippen LogP contribution < -0.4 is 26.2 Å². The maximum Gasteiger partial charge on any atom is 0.252 e. The smallest absolute Gasteiger partial charge is 0.252 e. The second-order valence-corrected chi connectivity index (χ2v) is 27.1. The fourth-order valence-electron chi connectivity index (χ4n) is 12.4. The van der Waals surface area contributed by atoms with E-state index in [0.717, 1.165) is 70.8 Å². The van der Waals surface area contributed by atoms with Crippen molar-refractivity contribution in [1.29, 1.82) is 0 Å². The van der Waals surface area contributed by atoms with Gasteiger partial charge in [-0.1, -0.05) is 172 Å². The lowest BCUT2D eigenvalue weighted by molar-refractivity contribution is 0.332. The molecule has 0 saturated heterocycles. The van der Waals surface area contributed by atoms with E-state index in [1.165, 1.54) is 55.4 Å². The van der Waals surface area contributed by atoms with Crippen molar-refractivity contribution in [2.24, 2.45) is 0 Å². The Kier molecular flexibility index (Phi) is 9.49. The first kappa shape index (κ1) is 43.0. The summed E-state index contributed by atoms with van der Waals surface area (Å²) in [6.07, 6.45) is 4.48. The Hall–Kier alpha value is -5.02. The quantitative estimate of drug-likeness (QED) is 0.163. The molecule has 0 saturated carbocycles. The van der Waals surface area contributed by atoms with Gasteiger partial charge in [0.15, 0.2) is 0 Å². The van der Waals surface area contributed by atoms with Crippen LogP contribution >= 0.6 is 0 Å².